The van der Waals surface area contributed by atoms with Crippen LogP contribution in [0.25, 0.3) is 0 Å². The molecule has 1 aromatic rings. The molecule has 2 aliphatic carbocycles. The summed E-state index contributed by atoms with van der Waals surface area (Å²) in [7, 11) is 2.01. The van der Waals surface area contributed by atoms with E-state index in [4.69, 9.17) is 4.74 Å². The Bertz CT molecular complexity index is 402. The molecule has 17 heavy (non-hydrogen) atoms. The first kappa shape index (κ1) is 11.0. The van der Waals surface area contributed by atoms with Gasteiger partial charge >= 0.3 is 0 Å². The summed E-state index contributed by atoms with van der Waals surface area (Å²) >= 11 is 0. The number of fused-ring (bicyclic) bond motifs is 1. The SMILES string of the molecule is CNCC1CC(Oc2ncnc3c2CCC3)C1. The Morgan fingerprint density at radius 1 is 1.35 bits per heavy atom. The summed E-state index contributed by atoms with van der Waals surface area (Å²) in [6, 6.07) is 0. The minimum atomic E-state index is 0.368. The smallest absolute Gasteiger partial charge is 0.220 e. The van der Waals surface area contributed by atoms with Gasteiger partial charge < -0.3 is 10.1 Å². The van der Waals surface area contributed by atoms with Crippen LogP contribution in [0.3, 0.4) is 0 Å². The summed E-state index contributed by atoms with van der Waals surface area (Å²) in [5.74, 6) is 1.63. The molecule has 0 bridgehead atoms. The first-order valence-corrected chi connectivity index (χ1v) is 6.51. The van der Waals surface area contributed by atoms with Gasteiger partial charge in [0.25, 0.3) is 0 Å². The molecule has 0 aromatic carbocycles. The van der Waals surface area contributed by atoms with E-state index < -0.39 is 0 Å². The molecule has 1 fully saturated rings. The van der Waals surface area contributed by atoms with Gasteiger partial charge in [0.2, 0.25) is 5.88 Å². The average Bonchev–Trinajstić information content (AvgIpc) is 2.75. The molecule has 4 heteroatoms. The van der Waals surface area contributed by atoms with Gasteiger partial charge in [-0.25, -0.2) is 9.97 Å². The van der Waals surface area contributed by atoms with Crippen LogP contribution in [0.5, 0.6) is 5.88 Å². The van der Waals surface area contributed by atoms with Gasteiger partial charge in [0.1, 0.15) is 12.4 Å². The fraction of sp³-hybridized carbons (Fsp3) is 0.692. The van der Waals surface area contributed by atoms with Crippen molar-refractivity contribution < 1.29 is 4.74 Å². The highest BCUT2D eigenvalue weighted by Crippen LogP contribution is 2.33. The second-order valence-electron chi connectivity index (χ2n) is 5.09. The molecule has 0 saturated heterocycles. The highest BCUT2D eigenvalue weighted by molar-refractivity contribution is 5.33. The van der Waals surface area contributed by atoms with E-state index in [9.17, 15) is 0 Å². The maximum Gasteiger partial charge on any atom is 0.220 e. The Morgan fingerprint density at radius 3 is 3.06 bits per heavy atom. The summed E-state index contributed by atoms with van der Waals surface area (Å²) in [5.41, 5.74) is 2.45. The Labute approximate surface area is 102 Å². The van der Waals surface area contributed by atoms with Gasteiger partial charge in [0.15, 0.2) is 0 Å². The molecule has 4 nitrogen and oxygen atoms in total. The lowest BCUT2D eigenvalue weighted by Crippen LogP contribution is -2.39. The maximum atomic E-state index is 5.99. The topological polar surface area (TPSA) is 47.0 Å². The van der Waals surface area contributed by atoms with Crippen molar-refractivity contribution in [1.82, 2.24) is 15.3 Å². The van der Waals surface area contributed by atoms with Crippen molar-refractivity contribution in [2.75, 3.05) is 13.6 Å². The van der Waals surface area contributed by atoms with Crippen LogP contribution in [0.15, 0.2) is 6.33 Å². The molecule has 1 N–H and O–H groups in total. The van der Waals surface area contributed by atoms with Gasteiger partial charge in [-0.05, 0) is 51.6 Å². The standard InChI is InChI=1S/C13H19N3O/c1-14-7-9-5-10(6-9)17-13-11-3-2-4-12(11)15-8-16-13/h8-10,14H,2-7H2,1H3. The van der Waals surface area contributed by atoms with Gasteiger partial charge in [0, 0.05) is 5.56 Å². The molecule has 0 atom stereocenters. The van der Waals surface area contributed by atoms with Crippen LogP contribution in [0.2, 0.25) is 0 Å². The molecule has 1 aromatic heterocycles. The predicted molar refractivity (Wildman–Crippen MR) is 65.1 cm³/mol. The van der Waals surface area contributed by atoms with Gasteiger partial charge in [-0.1, -0.05) is 0 Å². The quantitative estimate of drug-likeness (QED) is 0.852. The zero-order chi connectivity index (χ0) is 11.7. The number of nitrogens with one attached hydrogen (secondary N) is 1. The second-order valence-corrected chi connectivity index (χ2v) is 5.09. The van der Waals surface area contributed by atoms with Crippen molar-refractivity contribution >= 4 is 0 Å². The van der Waals surface area contributed by atoms with E-state index in [0.717, 1.165) is 44.0 Å². The van der Waals surface area contributed by atoms with Crippen LogP contribution in [-0.2, 0) is 12.8 Å². The van der Waals surface area contributed by atoms with E-state index >= 15 is 0 Å². The van der Waals surface area contributed by atoms with Gasteiger partial charge in [-0.3, -0.25) is 0 Å². The Balaban J connectivity index is 1.61. The van der Waals surface area contributed by atoms with Crippen LogP contribution in [-0.4, -0.2) is 29.7 Å². The number of nitrogens with zero attached hydrogens (tertiary/aromatic N) is 2. The van der Waals surface area contributed by atoms with Crippen LogP contribution >= 0.6 is 0 Å². The first-order valence-electron chi connectivity index (χ1n) is 6.51. The molecule has 1 heterocycles. The summed E-state index contributed by atoms with van der Waals surface area (Å²) in [6.45, 7) is 1.10. The third-order valence-electron chi connectivity index (χ3n) is 3.80. The molecule has 2 aliphatic rings. The van der Waals surface area contributed by atoms with Crippen molar-refractivity contribution in [2.45, 2.75) is 38.2 Å². The van der Waals surface area contributed by atoms with Crippen molar-refractivity contribution in [3.05, 3.63) is 17.6 Å². The highest BCUT2D eigenvalue weighted by Gasteiger charge is 2.31. The van der Waals surface area contributed by atoms with E-state index in [-0.39, 0.29) is 0 Å². The molecule has 0 radical (unpaired) electrons. The number of hydrogen-bond donors (Lipinski definition) is 1. The lowest BCUT2D eigenvalue weighted by Gasteiger charge is -2.35. The van der Waals surface area contributed by atoms with Crippen LogP contribution < -0.4 is 10.1 Å². The number of rotatable bonds is 4. The zero-order valence-electron chi connectivity index (χ0n) is 10.3. The average molecular weight is 233 g/mol. The minimum Gasteiger partial charge on any atom is -0.474 e. The van der Waals surface area contributed by atoms with Crippen molar-refractivity contribution in [3.63, 3.8) is 0 Å². The third-order valence-corrected chi connectivity index (χ3v) is 3.80. The molecule has 1 saturated carbocycles. The Kier molecular flexibility index (Phi) is 2.97. The van der Waals surface area contributed by atoms with Gasteiger partial charge in [-0.15, -0.1) is 0 Å². The fourth-order valence-electron chi connectivity index (χ4n) is 2.82. The van der Waals surface area contributed by atoms with Crippen molar-refractivity contribution in [3.8, 4) is 5.88 Å². The summed E-state index contributed by atoms with van der Waals surface area (Å²) in [5, 5.41) is 3.21. The number of hydrogen-bond acceptors (Lipinski definition) is 4. The molecule has 3 rings (SSSR count). The van der Waals surface area contributed by atoms with Crippen LogP contribution in [0.4, 0.5) is 0 Å². The Hall–Kier alpha value is -1.16. The van der Waals surface area contributed by atoms with Crippen molar-refractivity contribution in [1.29, 1.82) is 0 Å². The number of aromatic nitrogens is 2. The molecule has 0 aliphatic heterocycles. The first-order chi connectivity index (χ1) is 8.36. The van der Waals surface area contributed by atoms with Crippen molar-refractivity contribution in [2.24, 2.45) is 5.92 Å². The van der Waals surface area contributed by atoms with Gasteiger partial charge in [-0.2, -0.15) is 0 Å². The maximum absolute atomic E-state index is 5.99. The molecule has 0 amide bonds. The molecule has 0 unspecified atom stereocenters. The fourth-order valence-corrected chi connectivity index (χ4v) is 2.82. The second kappa shape index (κ2) is 4.61. The molecule has 0 spiro atoms. The van der Waals surface area contributed by atoms with Crippen LogP contribution in [0, 0.1) is 5.92 Å². The van der Waals surface area contributed by atoms with E-state index in [1.54, 1.807) is 6.33 Å². The summed E-state index contributed by atoms with van der Waals surface area (Å²) in [6.07, 6.45) is 7.67. The highest BCUT2D eigenvalue weighted by atomic mass is 16.5. The minimum absolute atomic E-state index is 0.368. The van der Waals surface area contributed by atoms with E-state index in [2.05, 4.69) is 15.3 Å². The lowest BCUT2D eigenvalue weighted by molar-refractivity contribution is 0.0607. The largest absolute Gasteiger partial charge is 0.474 e. The lowest BCUT2D eigenvalue weighted by atomic mass is 9.82. The molecule has 92 valence electrons. The third kappa shape index (κ3) is 2.14. The molecular weight excluding hydrogens is 214 g/mol. The predicted octanol–water partition coefficient (Wildman–Crippen LogP) is 1.34. The van der Waals surface area contributed by atoms with Gasteiger partial charge in [0.05, 0.1) is 5.69 Å². The zero-order valence-corrected chi connectivity index (χ0v) is 10.3. The Morgan fingerprint density at radius 2 is 2.24 bits per heavy atom. The van der Waals surface area contributed by atoms with Crippen LogP contribution in [0.1, 0.15) is 30.5 Å². The van der Waals surface area contributed by atoms with E-state index in [1.165, 1.54) is 17.7 Å². The number of ether oxygens (including phenoxy) is 1. The molecular formula is C13H19N3O. The normalized spacial score (nSPS) is 26.4. The summed E-state index contributed by atoms with van der Waals surface area (Å²) in [4.78, 5) is 8.61. The number of aryl methyl sites for hydroxylation is 1. The van der Waals surface area contributed by atoms with E-state index in [0.29, 0.717) is 6.10 Å². The monoisotopic (exact) mass is 233 g/mol. The summed E-state index contributed by atoms with van der Waals surface area (Å²) < 4.78 is 5.99. The van der Waals surface area contributed by atoms with E-state index in [1.807, 2.05) is 7.05 Å².